The summed E-state index contributed by atoms with van der Waals surface area (Å²) in [6, 6.07) is 4.05. The molecule has 0 saturated carbocycles. The SMILES string of the molecule is COc1ccc(C(=O)NC(C)CC(C)Cl)cc1F. The molecule has 1 rings (SSSR count). The summed E-state index contributed by atoms with van der Waals surface area (Å²) in [4.78, 5) is 11.8. The maximum Gasteiger partial charge on any atom is 0.251 e. The summed E-state index contributed by atoms with van der Waals surface area (Å²) in [6.45, 7) is 3.72. The minimum atomic E-state index is -0.552. The fraction of sp³-hybridized carbons (Fsp3) is 0.462. The van der Waals surface area contributed by atoms with Crippen molar-refractivity contribution in [1.29, 1.82) is 0 Å². The van der Waals surface area contributed by atoms with Crippen LogP contribution < -0.4 is 10.1 Å². The number of benzene rings is 1. The van der Waals surface area contributed by atoms with Crippen molar-refractivity contribution in [3.05, 3.63) is 29.6 Å². The Morgan fingerprint density at radius 1 is 1.50 bits per heavy atom. The first-order valence-electron chi connectivity index (χ1n) is 5.72. The molecule has 0 radical (unpaired) electrons. The van der Waals surface area contributed by atoms with Crippen molar-refractivity contribution in [2.75, 3.05) is 7.11 Å². The van der Waals surface area contributed by atoms with Gasteiger partial charge in [0.05, 0.1) is 7.11 Å². The van der Waals surface area contributed by atoms with Gasteiger partial charge in [0.1, 0.15) is 0 Å². The van der Waals surface area contributed by atoms with Crippen LogP contribution in [-0.2, 0) is 0 Å². The molecule has 0 aliphatic heterocycles. The lowest BCUT2D eigenvalue weighted by Crippen LogP contribution is -2.33. The molecule has 100 valence electrons. The Labute approximate surface area is 111 Å². The standard InChI is InChI=1S/C13H17ClFNO2/c1-8(14)6-9(2)16-13(17)10-4-5-12(18-3)11(15)7-10/h4-5,7-9H,6H2,1-3H3,(H,16,17). The first-order valence-corrected chi connectivity index (χ1v) is 6.16. The molecule has 0 bridgehead atoms. The number of ether oxygens (including phenoxy) is 1. The molecular formula is C13H17ClFNO2. The van der Waals surface area contributed by atoms with Gasteiger partial charge in [-0.1, -0.05) is 0 Å². The summed E-state index contributed by atoms with van der Waals surface area (Å²) in [5.74, 6) is -0.751. The van der Waals surface area contributed by atoms with Gasteiger partial charge in [-0.2, -0.15) is 0 Å². The summed E-state index contributed by atoms with van der Waals surface area (Å²) < 4.78 is 18.2. The van der Waals surface area contributed by atoms with Crippen molar-refractivity contribution < 1.29 is 13.9 Å². The number of amides is 1. The quantitative estimate of drug-likeness (QED) is 0.838. The van der Waals surface area contributed by atoms with Crippen LogP contribution in [0.5, 0.6) is 5.75 Å². The van der Waals surface area contributed by atoms with Gasteiger partial charge in [-0.05, 0) is 38.5 Å². The molecule has 0 aliphatic carbocycles. The average molecular weight is 274 g/mol. The highest BCUT2D eigenvalue weighted by molar-refractivity contribution is 6.20. The first kappa shape index (κ1) is 14.8. The van der Waals surface area contributed by atoms with Crippen LogP contribution in [0.25, 0.3) is 0 Å². The Hall–Kier alpha value is -1.29. The smallest absolute Gasteiger partial charge is 0.251 e. The van der Waals surface area contributed by atoms with Crippen LogP contribution in [0, 0.1) is 5.82 Å². The van der Waals surface area contributed by atoms with Crippen LogP contribution in [0.3, 0.4) is 0 Å². The second kappa shape index (κ2) is 6.59. The highest BCUT2D eigenvalue weighted by Gasteiger charge is 2.13. The van der Waals surface area contributed by atoms with E-state index in [9.17, 15) is 9.18 Å². The summed E-state index contributed by atoms with van der Waals surface area (Å²) in [7, 11) is 1.38. The predicted molar refractivity (Wildman–Crippen MR) is 69.8 cm³/mol. The van der Waals surface area contributed by atoms with Crippen molar-refractivity contribution in [2.45, 2.75) is 31.7 Å². The molecule has 0 aromatic heterocycles. The maximum absolute atomic E-state index is 13.4. The van der Waals surface area contributed by atoms with E-state index in [4.69, 9.17) is 16.3 Å². The number of carbonyl (C=O) groups excluding carboxylic acids is 1. The van der Waals surface area contributed by atoms with Gasteiger partial charge in [0, 0.05) is 17.0 Å². The lowest BCUT2D eigenvalue weighted by Gasteiger charge is -2.15. The number of methoxy groups -OCH3 is 1. The molecule has 0 spiro atoms. The third-order valence-electron chi connectivity index (χ3n) is 2.47. The molecule has 0 fully saturated rings. The van der Waals surface area contributed by atoms with Crippen molar-refractivity contribution >= 4 is 17.5 Å². The summed E-state index contributed by atoms with van der Waals surface area (Å²) in [5.41, 5.74) is 0.266. The highest BCUT2D eigenvalue weighted by atomic mass is 35.5. The fourth-order valence-corrected chi connectivity index (χ4v) is 1.93. The molecule has 1 aromatic rings. The summed E-state index contributed by atoms with van der Waals surface area (Å²) in [6.07, 6.45) is 0.659. The molecule has 1 aromatic carbocycles. The van der Waals surface area contributed by atoms with E-state index in [1.54, 1.807) is 0 Å². The highest BCUT2D eigenvalue weighted by Crippen LogP contribution is 2.17. The molecular weight excluding hydrogens is 257 g/mol. The zero-order chi connectivity index (χ0) is 13.7. The summed E-state index contributed by atoms with van der Waals surface area (Å²) in [5, 5.41) is 2.74. The molecule has 5 heteroatoms. The number of hydrogen-bond acceptors (Lipinski definition) is 2. The van der Waals surface area contributed by atoms with Crippen LogP contribution in [0.15, 0.2) is 18.2 Å². The van der Waals surface area contributed by atoms with E-state index in [2.05, 4.69) is 5.32 Å². The zero-order valence-electron chi connectivity index (χ0n) is 10.7. The monoisotopic (exact) mass is 273 g/mol. The number of halogens is 2. The van der Waals surface area contributed by atoms with Crippen LogP contribution in [0.2, 0.25) is 0 Å². The van der Waals surface area contributed by atoms with E-state index in [-0.39, 0.29) is 28.6 Å². The normalized spacial score (nSPS) is 13.8. The minimum absolute atomic E-state index is 0.0205. The van der Waals surface area contributed by atoms with Crippen LogP contribution in [0.1, 0.15) is 30.6 Å². The molecule has 18 heavy (non-hydrogen) atoms. The molecule has 2 atom stereocenters. The molecule has 2 unspecified atom stereocenters. The maximum atomic E-state index is 13.4. The Kier molecular flexibility index (Phi) is 5.41. The molecule has 1 amide bonds. The predicted octanol–water partition coefficient (Wildman–Crippen LogP) is 2.97. The number of rotatable bonds is 5. The number of carbonyl (C=O) groups is 1. The van der Waals surface area contributed by atoms with Crippen molar-refractivity contribution in [3.8, 4) is 5.75 Å². The molecule has 1 N–H and O–H groups in total. The zero-order valence-corrected chi connectivity index (χ0v) is 11.4. The number of alkyl halides is 1. The minimum Gasteiger partial charge on any atom is -0.494 e. The van der Waals surface area contributed by atoms with Gasteiger partial charge in [-0.25, -0.2) is 4.39 Å². The van der Waals surface area contributed by atoms with E-state index >= 15 is 0 Å². The fourth-order valence-electron chi connectivity index (χ4n) is 1.66. The van der Waals surface area contributed by atoms with Crippen molar-refractivity contribution in [1.82, 2.24) is 5.32 Å². The van der Waals surface area contributed by atoms with E-state index in [0.717, 1.165) is 6.07 Å². The molecule has 3 nitrogen and oxygen atoms in total. The average Bonchev–Trinajstić information content (AvgIpc) is 2.27. The first-order chi connectivity index (χ1) is 8.43. The Bertz CT molecular complexity index is 423. The van der Waals surface area contributed by atoms with Gasteiger partial charge in [0.15, 0.2) is 11.6 Å². The second-order valence-electron chi connectivity index (χ2n) is 4.24. The van der Waals surface area contributed by atoms with Crippen molar-refractivity contribution in [2.24, 2.45) is 0 Å². The second-order valence-corrected chi connectivity index (χ2v) is 4.99. The summed E-state index contributed by atoms with van der Waals surface area (Å²) >= 11 is 5.84. The van der Waals surface area contributed by atoms with Gasteiger partial charge < -0.3 is 10.1 Å². The Balaban J connectivity index is 2.70. The molecule has 0 aliphatic rings. The van der Waals surface area contributed by atoms with Gasteiger partial charge >= 0.3 is 0 Å². The lowest BCUT2D eigenvalue weighted by atomic mass is 10.1. The Morgan fingerprint density at radius 3 is 2.67 bits per heavy atom. The van der Waals surface area contributed by atoms with Crippen LogP contribution >= 0.6 is 11.6 Å². The van der Waals surface area contributed by atoms with E-state index < -0.39 is 5.82 Å². The van der Waals surface area contributed by atoms with Gasteiger partial charge in [-0.15, -0.1) is 11.6 Å². The van der Waals surface area contributed by atoms with E-state index in [1.807, 2.05) is 13.8 Å². The lowest BCUT2D eigenvalue weighted by molar-refractivity contribution is 0.0938. The van der Waals surface area contributed by atoms with Crippen molar-refractivity contribution in [3.63, 3.8) is 0 Å². The number of nitrogens with one attached hydrogen (secondary N) is 1. The third-order valence-corrected chi connectivity index (χ3v) is 2.65. The largest absolute Gasteiger partial charge is 0.494 e. The van der Waals surface area contributed by atoms with Gasteiger partial charge in [-0.3, -0.25) is 4.79 Å². The van der Waals surface area contributed by atoms with E-state index in [0.29, 0.717) is 6.42 Å². The number of hydrogen-bond donors (Lipinski definition) is 1. The Morgan fingerprint density at radius 2 is 2.17 bits per heavy atom. The van der Waals surface area contributed by atoms with E-state index in [1.165, 1.54) is 19.2 Å². The molecule has 0 saturated heterocycles. The van der Waals surface area contributed by atoms with Crippen LogP contribution in [0.4, 0.5) is 4.39 Å². The van der Waals surface area contributed by atoms with Gasteiger partial charge in [0.25, 0.3) is 5.91 Å². The third kappa shape index (κ3) is 4.18. The van der Waals surface area contributed by atoms with Gasteiger partial charge in [0.2, 0.25) is 0 Å². The topological polar surface area (TPSA) is 38.3 Å². The van der Waals surface area contributed by atoms with Crippen LogP contribution in [-0.4, -0.2) is 24.4 Å². The molecule has 0 heterocycles.